The monoisotopic (exact) mass is 587 g/mol. The number of carboxylic acids is 1. The van der Waals surface area contributed by atoms with Crippen LogP contribution >= 0.6 is 34.9 Å². The molecule has 1 fully saturated rings. The summed E-state index contributed by atoms with van der Waals surface area (Å²) in [5.74, 6) is -1.23. The van der Waals surface area contributed by atoms with Crippen LogP contribution in [-0.2, 0) is 26.3 Å². The summed E-state index contributed by atoms with van der Waals surface area (Å²) in [6.07, 6.45) is 1.66. The molecule has 17 heteroatoms. The van der Waals surface area contributed by atoms with Crippen molar-refractivity contribution in [3.05, 3.63) is 46.7 Å². The minimum absolute atomic E-state index is 0.0908. The molecule has 0 unspecified atom stereocenters. The van der Waals surface area contributed by atoms with Crippen LogP contribution < -0.4 is 11.1 Å². The molecular weight excluding hydrogens is 567 g/mol. The molecule has 2 aliphatic rings. The largest absolute Gasteiger partial charge is 0.477 e. The Hall–Kier alpha value is -3.96. The number of aliphatic carboxylic acids is 1. The third-order valence-corrected chi connectivity index (χ3v) is 8.92. The van der Waals surface area contributed by atoms with Crippen LogP contribution in [0.25, 0.3) is 11.5 Å². The zero-order valence-corrected chi connectivity index (χ0v) is 22.9. The number of aromatic nitrogens is 5. The van der Waals surface area contributed by atoms with E-state index < -0.39 is 29.2 Å². The van der Waals surface area contributed by atoms with Crippen molar-refractivity contribution in [2.45, 2.75) is 16.6 Å². The van der Waals surface area contributed by atoms with Crippen LogP contribution in [-0.4, -0.2) is 88.3 Å². The smallest absolute Gasteiger partial charge is 0.352 e. The highest BCUT2D eigenvalue weighted by atomic mass is 32.2. The molecule has 14 nitrogen and oxygen atoms in total. The fourth-order valence-electron chi connectivity index (χ4n) is 4.01. The second kappa shape index (κ2) is 11.0. The number of carbonyl (C=O) groups excluding carboxylic acids is 2. The third kappa shape index (κ3) is 5.07. The standard InChI is InChI=1S/C22H21N9O5S3/c1-30-16(11-5-3-4-6-24-11)27-28-22(30)39-8-10-7-37-19-14(18(33)31(19)15(10)20(34)35)26-17(32)13(29-36-2)12-9-38-21(23)25-12/h3-6,9,14,19H,7-8H2,1-2H3,(H2,23,25)(H,26,32)(H,34,35)/b29-13-/t14-,19-/m1/s1. The Morgan fingerprint density at radius 2 is 2.18 bits per heavy atom. The number of nitrogens with zero attached hydrogens (tertiary/aromatic N) is 7. The molecule has 4 N–H and O–H groups in total. The predicted molar refractivity (Wildman–Crippen MR) is 145 cm³/mol. The first-order valence-electron chi connectivity index (χ1n) is 11.3. The van der Waals surface area contributed by atoms with E-state index in [0.29, 0.717) is 28.0 Å². The number of nitrogen functional groups attached to an aromatic ring is 1. The molecule has 0 spiro atoms. The van der Waals surface area contributed by atoms with Gasteiger partial charge in [-0.05, 0) is 17.7 Å². The van der Waals surface area contributed by atoms with E-state index in [1.165, 1.54) is 35.5 Å². The summed E-state index contributed by atoms with van der Waals surface area (Å²) in [5.41, 5.74) is 6.86. The zero-order chi connectivity index (χ0) is 27.7. The summed E-state index contributed by atoms with van der Waals surface area (Å²) in [4.78, 5) is 52.5. The van der Waals surface area contributed by atoms with Crippen LogP contribution in [0.4, 0.5) is 5.13 Å². The minimum atomic E-state index is -1.22. The first-order chi connectivity index (χ1) is 18.8. The molecule has 3 aromatic rings. The Kier molecular flexibility index (Phi) is 7.53. The van der Waals surface area contributed by atoms with Crippen molar-refractivity contribution in [1.29, 1.82) is 0 Å². The topological polar surface area (TPSA) is 191 Å². The highest BCUT2D eigenvalue weighted by Crippen LogP contribution is 2.41. The number of carboxylic acid groups (broad SMARTS) is 1. The third-order valence-electron chi connectivity index (χ3n) is 5.80. The number of anilines is 1. The summed E-state index contributed by atoms with van der Waals surface area (Å²) >= 11 is 3.80. The van der Waals surface area contributed by atoms with Gasteiger partial charge in [-0.15, -0.1) is 33.3 Å². The highest BCUT2D eigenvalue weighted by molar-refractivity contribution is 8.01. The van der Waals surface area contributed by atoms with Crippen molar-refractivity contribution in [3.63, 3.8) is 0 Å². The Morgan fingerprint density at radius 1 is 1.36 bits per heavy atom. The van der Waals surface area contributed by atoms with Gasteiger partial charge < -0.3 is 25.6 Å². The second-order valence-corrected chi connectivity index (χ2v) is 11.1. The first-order valence-corrected chi connectivity index (χ1v) is 14.2. The molecule has 0 saturated carbocycles. The summed E-state index contributed by atoms with van der Waals surface area (Å²) in [6.45, 7) is 0. The normalized spacial score (nSPS) is 19.0. The fraction of sp³-hybridized carbons (Fsp3) is 0.273. The van der Waals surface area contributed by atoms with Crippen LogP contribution in [0.2, 0.25) is 0 Å². The van der Waals surface area contributed by atoms with Gasteiger partial charge in [-0.3, -0.25) is 19.5 Å². The molecule has 1 saturated heterocycles. The number of thiazole rings is 1. The maximum atomic E-state index is 13.1. The lowest BCUT2D eigenvalue weighted by Crippen LogP contribution is -2.71. The first kappa shape index (κ1) is 26.6. The van der Waals surface area contributed by atoms with Gasteiger partial charge >= 0.3 is 5.97 Å². The lowest BCUT2D eigenvalue weighted by Gasteiger charge is -2.49. The number of nitrogens with one attached hydrogen (secondary N) is 1. The van der Waals surface area contributed by atoms with Crippen molar-refractivity contribution >= 4 is 63.5 Å². The molecule has 39 heavy (non-hydrogen) atoms. The number of nitrogens with two attached hydrogens (primary N) is 1. The number of fused-ring (bicyclic) bond motifs is 1. The fourth-order valence-corrected chi connectivity index (χ4v) is 6.95. The van der Waals surface area contributed by atoms with Gasteiger partial charge in [0.05, 0.1) is 0 Å². The van der Waals surface area contributed by atoms with Gasteiger partial charge in [0.25, 0.3) is 11.8 Å². The number of thioether (sulfide) groups is 2. The molecule has 2 atom stereocenters. The van der Waals surface area contributed by atoms with E-state index in [-0.39, 0.29) is 28.0 Å². The maximum Gasteiger partial charge on any atom is 0.352 e. The Morgan fingerprint density at radius 3 is 2.85 bits per heavy atom. The van der Waals surface area contributed by atoms with Crippen LogP contribution in [0.5, 0.6) is 0 Å². The number of hydrogen-bond donors (Lipinski definition) is 3. The van der Waals surface area contributed by atoms with Crippen molar-refractivity contribution in [2.75, 3.05) is 24.3 Å². The van der Waals surface area contributed by atoms with Crippen LogP contribution in [0, 0.1) is 0 Å². The van der Waals surface area contributed by atoms with E-state index in [1.54, 1.807) is 29.3 Å². The van der Waals surface area contributed by atoms with Gasteiger partial charge in [0, 0.05) is 30.1 Å². The predicted octanol–water partition coefficient (Wildman–Crippen LogP) is 0.797. The molecule has 0 radical (unpaired) electrons. The SMILES string of the molecule is CO/N=C(\C(=O)N[C@@H]1C(=O)N2C(C(=O)O)=C(CSc3nnc(-c4ccccn4)n3C)CS[C@H]12)c1csc(N)n1. The summed E-state index contributed by atoms with van der Waals surface area (Å²) in [7, 11) is 3.08. The zero-order valence-electron chi connectivity index (χ0n) is 20.5. The molecule has 3 aromatic heterocycles. The van der Waals surface area contributed by atoms with Gasteiger partial charge in [0.1, 0.15) is 35.6 Å². The highest BCUT2D eigenvalue weighted by Gasteiger charge is 2.54. The lowest BCUT2D eigenvalue weighted by atomic mass is 10.0. The number of β-lactam (4-membered cyclic amide) rings is 1. The van der Waals surface area contributed by atoms with Crippen molar-refractivity contribution < 1.29 is 24.3 Å². The number of amides is 2. The minimum Gasteiger partial charge on any atom is -0.477 e. The second-order valence-electron chi connectivity index (χ2n) is 8.18. The molecule has 0 bridgehead atoms. The molecule has 2 aliphatic heterocycles. The van der Waals surface area contributed by atoms with E-state index in [9.17, 15) is 19.5 Å². The van der Waals surface area contributed by atoms with Gasteiger partial charge in [-0.25, -0.2) is 9.78 Å². The van der Waals surface area contributed by atoms with Crippen molar-refractivity contribution in [3.8, 4) is 11.5 Å². The van der Waals surface area contributed by atoms with E-state index in [1.807, 2.05) is 12.1 Å². The number of rotatable bonds is 9. The van der Waals surface area contributed by atoms with Gasteiger partial charge in [-0.2, -0.15) is 0 Å². The van der Waals surface area contributed by atoms with Gasteiger partial charge in [0.15, 0.2) is 21.8 Å². The maximum absolute atomic E-state index is 13.1. The van der Waals surface area contributed by atoms with Crippen LogP contribution in [0.15, 0.2) is 51.4 Å². The molecular formula is C22H21N9O5S3. The van der Waals surface area contributed by atoms with E-state index >= 15 is 0 Å². The number of oxime groups is 1. The molecule has 202 valence electrons. The van der Waals surface area contributed by atoms with Crippen molar-refractivity contribution in [1.82, 2.24) is 34.9 Å². The molecule has 2 amide bonds. The molecule has 5 rings (SSSR count). The van der Waals surface area contributed by atoms with E-state index in [2.05, 4.69) is 30.6 Å². The lowest BCUT2D eigenvalue weighted by molar-refractivity contribution is -0.150. The Bertz CT molecular complexity index is 1500. The van der Waals surface area contributed by atoms with E-state index in [4.69, 9.17) is 10.6 Å². The van der Waals surface area contributed by atoms with Crippen LogP contribution in [0.3, 0.4) is 0 Å². The quantitative estimate of drug-likeness (QED) is 0.138. The summed E-state index contributed by atoms with van der Waals surface area (Å²) < 4.78 is 1.78. The molecule has 0 aromatic carbocycles. The molecule has 0 aliphatic carbocycles. The summed E-state index contributed by atoms with van der Waals surface area (Å²) in [6, 6.07) is 4.54. The summed E-state index contributed by atoms with van der Waals surface area (Å²) in [5, 5.41) is 26.5. The van der Waals surface area contributed by atoms with Crippen LogP contribution in [0.1, 0.15) is 5.69 Å². The number of pyridine rings is 1. The van der Waals surface area contributed by atoms with Gasteiger partial charge in [-0.1, -0.05) is 23.0 Å². The number of hydrogen-bond acceptors (Lipinski definition) is 13. The number of carbonyl (C=O) groups is 3. The Balaban J connectivity index is 1.30. The molecule has 5 heterocycles. The average molecular weight is 588 g/mol. The van der Waals surface area contributed by atoms with E-state index in [0.717, 1.165) is 11.3 Å². The Labute approximate surface area is 233 Å². The average Bonchev–Trinajstić information content (AvgIpc) is 3.53. The van der Waals surface area contributed by atoms with Gasteiger partial charge in [0.2, 0.25) is 0 Å². The van der Waals surface area contributed by atoms with Crippen molar-refractivity contribution in [2.24, 2.45) is 12.2 Å².